The fourth-order valence-corrected chi connectivity index (χ4v) is 1.89. The second-order valence-electron chi connectivity index (χ2n) is 4.54. The van der Waals surface area contributed by atoms with E-state index in [4.69, 9.17) is 4.42 Å². The number of nitrogens with zero attached hydrogens (tertiary/aromatic N) is 6. The lowest BCUT2D eigenvalue weighted by Crippen LogP contribution is -2.16. The van der Waals surface area contributed by atoms with Gasteiger partial charge >= 0.3 is 6.01 Å². The molecular formula is C12H13N7O2. The normalized spacial score (nSPS) is 10.8. The number of carbonyl (C=O) groups excluding carboxylic acids is 1. The highest BCUT2D eigenvalue weighted by molar-refractivity contribution is 6.01. The highest BCUT2D eigenvalue weighted by atomic mass is 16.4. The molecule has 0 aliphatic rings. The molecule has 0 saturated carbocycles. The van der Waals surface area contributed by atoms with E-state index in [0.29, 0.717) is 11.4 Å². The van der Waals surface area contributed by atoms with Crippen LogP contribution < -0.4 is 5.32 Å². The lowest BCUT2D eigenvalue weighted by Gasteiger charge is -1.99. The van der Waals surface area contributed by atoms with Crippen molar-refractivity contribution in [1.29, 1.82) is 0 Å². The van der Waals surface area contributed by atoms with Gasteiger partial charge in [0.2, 0.25) is 0 Å². The van der Waals surface area contributed by atoms with E-state index in [1.165, 1.54) is 4.68 Å². The summed E-state index contributed by atoms with van der Waals surface area (Å²) in [6.45, 7) is 1.81. The maximum atomic E-state index is 12.1. The van der Waals surface area contributed by atoms with Crippen molar-refractivity contribution < 1.29 is 9.21 Å². The third kappa shape index (κ3) is 2.53. The van der Waals surface area contributed by atoms with Gasteiger partial charge in [-0.3, -0.25) is 19.5 Å². The predicted molar refractivity (Wildman–Crippen MR) is 72.4 cm³/mol. The largest absolute Gasteiger partial charge is 0.401 e. The molecule has 0 bridgehead atoms. The second kappa shape index (κ2) is 4.85. The van der Waals surface area contributed by atoms with Gasteiger partial charge in [-0.1, -0.05) is 5.10 Å². The topological polar surface area (TPSA) is 104 Å². The van der Waals surface area contributed by atoms with Gasteiger partial charge in [0.1, 0.15) is 11.4 Å². The standard InChI is InChI=1S/C12H13N7O2/c1-7-6-9(19(3)16-7)10(20)13-12-15-14-11(21-12)8-4-5-18(2)17-8/h4-6H,1-3H3,(H,13,15,20). The number of hydrogen-bond donors (Lipinski definition) is 1. The van der Waals surface area contributed by atoms with Crippen LogP contribution in [0, 0.1) is 6.92 Å². The lowest BCUT2D eigenvalue weighted by molar-refractivity contribution is 0.101. The molecule has 0 aliphatic carbocycles. The average Bonchev–Trinajstić information content (AvgIpc) is 3.10. The Morgan fingerprint density at radius 3 is 2.71 bits per heavy atom. The van der Waals surface area contributed by atoms with Gasteiger partial charge in [-0.2, -0.15) is 10.2 Å². The molecule has 108 valence electrons. The summed E-state index contributed by atoms with van der Waals surface area (Å²) in [5, 5.41) is 18.4. The van der Waals surface area contributed by atoms with Crippen LogP contribution in [0.4, 0.5) is 6.01 Å². The Morgan fingerprint density at radius 2 is 2.10 bits per heavy atom. The molecule has 9 nitrogen and oxygen atoms in total. The summed E-state index contributed by atoms with van der Waals surface area (Å²) < 4.78 is 8.47. The molecule has 0 aliphatic heterocycles. The van der Waals surface area contributed by atoms with Crippen LogP contribution in [0.2, 0.25) is 0 Å². The van der Waals surface area contributed by atoms with Crippen molar-refractivity contribution in [2.45, 2.75) is 6.92 Å². The van der Waals surface area contributed by atoms with E-state index in [9.17, 15) is 4.79 Å². The Morgan fingerprint density at radius 1 is 1.29 bits per heavy atom. The number of aryl methyl sites for hydroxylation is 3. The Labute approximate surface area is 119 Å². The van der Waals surface area contributed by atoms with Crippen molar-refractivity contribution in [3.63, 3.8) is 0 Å². The molecule has 3 rings (SSSR count). The maximum absolute atomic E-state index is 12.1. The molecule has 1 amide bonds. The molecular weight excluding hydrogens is 274 g/mol. The molecule has 1 N–H and O–H groups in total. The van der Waals surface area contributed by atoms with E-state index < -0.39 is 0 Å². The van der Waals surface area contributed by atoms with Gasteiger partial charge in [0.05, 0.1) is 5.69 Å². The third-order valence-corrected chi connectivity index (χ3v) is 2.81. The minimum absolute atomic E-state index is 0.0134. The number of amides is 1. The van der Waals surface area contributed by atoms with E-state index in [1.54, 1.807) is 37.1 Å². The zero-order chi connectivity index (χ0) is 15.0. The smallest absolute Gasteiger partial charge is 0.322 e. The van der Waals surface area contributed by atoms with E-state index in [0.717, 1.165) is 5.69 Å². The molecule has 0 fully saturated rings. The van der Waals surface area contributed by atoms with E-state index in [2.05, 4.69) is 25.7 Å². The van der Waals surface area contributed by atoms with Crippen LogP contribution in [0.3, 0.4) is 0 Å². The Balaban J connectivity index is 1.78. The number of nitrogens with one attached hydrogen (secondary N) is 1. The molecule has 0 saturated heterocycles. The summed E-state index contributed by atoms with van der Waals surface area (Å²) in [6.07, 6.45) is 1.76. The number of anilines is 1. The Kier molecular flexibility index (Phi) is 3.01. The summed E-state index contributed by atoms with van der Waals surface area (Å²) in [5.74, 6) is -0.124. The third-order valence-electron chi connectivity index (χ3n) is 2.81. The van der Waals surface area contributed by atoms with Gasteiger partial charge in [-0.05, 0) is 19.1 Å². The van der Waals surface area contributed by atoms with Crippen molar-refractivity contribution in [2.75, 3.05) is 5.32 Å². The second-order valence-corrected chi connectivity index (χ2v) is 4.54. The van der Waals surface area contributed by atoms with Crippen molar-refractivity contribution in [3.05, 3.63) is 29.7 Å². The van der Waals surface area contributed by atoms with Gasteiger partial charge in [0, 0.05) is 20.3 Å². The summed E-state index contributed by atoms with van der Waals surface area (Å²) >= 11 is 0. The highest BCUT2D eigenvalue weighted by Crippen LogP contribution is 2.17. The van der Waals surface area contributed by atoms with E-state index in [-0.39, 0.29) is 17.8 Å². The first-order valence-electron chi connectivity index (χ1n) is 6.18. The van der Waals surface area contributed by atoms with Crippen LogP contribution in [0.1, 0.15) is 16.2 Å². The monoisotopic (exact) mass is 287 g/mol. The van der Waals surface area contributed by atoms with Crippen molar-refractivity contribution in [1.82, 2.24) is 29.8 Å². The molecule has 0 unspecified atom stereocenters. The fourth-order valence-electron chi connectivity index (χ4n) is 1.89. The van der Waals surface area contributed by atoms with Gasteiger partial charge in [-0.15, -0.1) is 5.10 Å². The van der Waals surface area contributed by atoms with Crippen LogP contribution in [0.25, 0.3) is 11.6 Å². The van der Waals surface area contributed by atoms with Gasteiger partial charge in [0.15, 0.2) is 0 Å². The minimum atomic E-state index is -0.366. The summed E-state index contributed by atoms with van der Waals surface area (Å²) in [7, 11) is 3.47. The molecule has 3 aromatic rings. The molecule has 0 spiro atoms. The maximum Gasteiger partial charge on any atom is 0.322 e. The molecule has 9 heteroatoms. The summed E-state index contributed by atoms with van der Waals surface area (Å²) in [4.78, 5) is 12.1. The van der Waals surface area contributed by atoms with Gasteiger partial charge in [-0.25, -0.2) is 0 Å². The summed E-state index contributed by atoms with van der Waals surface area (Å²) in [5.41, 5.74) is 1.70. The quantitative estimate of drug-likeness (QED) is 0.762. The van der Waals surface area contributed by atoms with E-state index in [1.807, 2.05) is 6.92 Å². The van der Waals surface area contributed by atoms with Crippen LogP contribution in [0.15, 0.2) is 22.7 Å². The predicted octanol–water partition coefficient (Wildman–Crippen LogP) is 0.764. The zero-order valence-electron chi connectivity index (χ0n) is 11.7. The molecule has 0 radical (unpaired) electrons. The first-order valence-corrected chi connectivity index (χ1v) is 6.18. The number of rotatable bonds is 3. The van der Waals surface area contributed by atoms with Crippen LogP contribution >= 0.6 is 0 Å². The number of hydrogen-bond acceptors (Lipinski definition) is 6. The van der Waals surface area contributed by atoms with Crippen molar-refractivity contribution >= 4 is 11.9 Å². The molecule has 0 aromatic carbocycles. The first kappa shape index (κ1) is 13.0. The number of aromatic nitrogens is 6. The SMILES string of the molecule is Cc1cc(C(=O)Nc2nnc(-c3ccn(C)n3)o2)n(C)n1. The molecule has 21 heavy (non-hydrogen) atoms. The highest BCUT2D eigenvalue weighted by Gasteiger charge is 2.16. The van der Waals surface area contributed by atoms with Crippen LogP contribution in [0.5, 0.6) is 0 Å². The Hall–Kier alpha value is -2.97. The van der Waals surface area contributed by atoms with E-state index >= 15 is 0 Å². The average molecular weight is 287 g/mol. The van der Waals surface area contributed by atoms with Crippen LogP contribution in [-0.2, 0) is 14.1 Å². The van der Waals surface area contributed by atoms with Gasteiger partial charge < -0.3 is 4.42 Å². The zero-order valence-corrected chi connectivity index (χ0v) is 11.7. The van der Waals surface area contributed by atoms with Crippen LogP contribution in [-0.4, -0.2) is 35.7 Å². The van der Waals surface area contributed by atoms with Gasteiger partial charge in [0.25, 0.3) is 11.8 Å². The fraction of sp³-hybridized carbons (Fsp3) is 0.250. The Bertz CT molecular complexity index is 798. The lowest BCUT2D eigenvalue weighted by atomic mass is 10.3. The summed E-state index contributed by atoms with van der Waals surface area (Å²) in [6, 6.07) is 3.43. The molecule has 3 aromatic heterocycles. The van der Waals surface area contributed by atoms with Crippen molar-refractivity contribution in [2.24, 2.45) is 14.1 Å². The molecule has 3 heterocycles. The number of carbonyl (C=O) groups is 1. The molecule has 0 atom stereocenters. The van der Waals surface area contributed by atoms with Crippen molar-refractivity contribution in [3.8, 4) is 11.6 Å². The minimum Gasteiger partial charge on any atom is -0.401 e. The first-order chi connectivity index (χ1) is 10.0.